The van der Waals surface area contributed by atoms with Crippen LogP contribution >= 0.6 is 0 Å². The van der Waals surface area contributed by atoms with Crippen molar-refractivity contribution in [2.75, 3.05) is 18.7 Å². The van der Waals surface area contributed by atoms with Crippen molar-refractivity contribution in [1.82, 2.24) is 0 Å². The first-order valence-electron chi connectivity index (χ1n) is 9.61. The van der Waals surface area contributed by atoms with Gasteiger partial charge in [0, 0.05) is 23.1 Å². The summed E-state index contributed by atoms with van der Waals surface area (Å²) in [6.45, 7) is 2.72. The smallest absolute Gasteiger partial charge is 0.344 e. The van der Waals surface area contributed by atoms with Gasteiger partial charge in [-0.15, -0.1) is 0 Å². The molecule has 0 spiro atoms. The van der Waals surface area contributed by atoms with E-state index in [4.69, 9.17) is 13.9 Å². The summed E-state index contributed by atoms with van der Waals surface area (Å²) < 4.78 is 16.6. The highest BCUT2D eigenvalue weighted by atomic mass is 16.5. The van der Waals surface area contributed by atoms with Crippen LogP contribution in [-0.2, 0) is 11.3 Å². The Labute approximate surface area is 172 Å². The maximum absolute atomic E-state index is 12.4. The third kappa shape index (κ3) is 2.72. The van der Waals surface area contributed by atoms with E-state index >= 15 is 0 Å². The second-order valence-corrected chi connectivity index (χ2v) is 7.28. The number of nitrogens with zero attached hydrogens (tertiary/aromatic N) is 1. The predicted octanol–water partition coefficient (Wildman–Crippen LogP) is 4.40. The molecular weight excluding hydrogens is 382 g/mol. The van der Waals surface area contributed by atoms with Gasteiger partial charge in [-0.2, -0.15) is 0 Å². The van der Waals surface area contributed by atoms with E-state index in [1.54, 1.807) is 18.2 Å². The van der Waals surface area contributed by atoms with Crippen molar-refractivity contribution in [3.8, 4) is 5.75 Å². The molecule has 0 saturated carbocycles. The van der Waals surface area contributed by atoms with Gasteiger partial charge in [0.25, 0.3) is 0 Å². The molecule has 1 aliphatic heterocycles. The van der Waals surface area contributed by atoms with Crippen LogP contribution in [0.3, 0.4) is 0 Å². The Hall–Kier alpha value is -3.80. The Morgan fingerprint density at radius 3 is 2.57 bits per heavy atom. The average molecular weight is 401 g/mol. The zero-order valence-electron chi connectivity index (χ0n) is 16.6. The number of methoxy groups -OCH3 is 1. The lowest BCUT2D eigenvalue weighted by atomic mass is 9.99. The zero-order chi connectivity index (χ0) is 20.8. The van der Waals surface area contributed by atoms with Crippen molar-refractivity contribution < 1.29 is 18.7 Å². The number of esters is 1. The minimum atomic E-state index is -0.390. The third-order valence-electron chi connectivity index (χ3n) is 5.54. The summed E-state index contributed by atoms with van der Waals surface area (Å²) in [4.78, 5) is 26.6. The SMILES string of the molecule is COC(=O)c1ccccc1N1COc2c(cc3c(oc(=O)c4ccccc43)c2C)C1. The Bertz CT molecular complexity index is 1370. The van der Waals surface area contributed by atoms with Gasteiger partial charge >= 0.3 is 11.6 Å². The highest BCUT2D eigenvalue weighted by Gasteiger charge is 2.25. The van der Waals surface area contributed by atoms with Crippen LogP contribution in [0.15, 0.2) is 63.8 Å². The summed E-state index contributed by atoms with van der Waals surface area (Å²) in [5.41, 5.74) is 3.18. The molecule has 5 rings (SSSR count). The highest BCUT2D eigenvalue weighted by molar-refractivity contribution is 6.06. The zero-order valence-corrected chi connectivity index (χ0v) is 16.6. The van der Waals surface area contributed by atoms with E-state index in [9.17, 15) is 9.59 Å². The van der Waals surface area contributed by atoms with Crippen molar-refractivity contribution in [2.24, 2.45) is 0 Å². The van der Waals surface area contributed by atoms with Crippen molar-refractivity contribution in [3.63, 3.8) is 0 Å². The van der Waals surface area contributed by atoms with Gasteiger partial charge in [0.05, 0.1) is 23.7 Å². The maximum Gasteiger partial charge on any atom is 0.344 e. The molecule has 0 N–H and O–H groups in total. The molecule has 1 aromatic heterocycles. The van der Waals surface area contributed by atoms with Crippen molar-refractivity contribution in [1.29, 1.82) is 0 Å². The highest BCUT2D eigenvalue weighted by Crippen LogP contribution is 2.38. The number of carbonyl (C=O) groups excluding carboxylic acids is 1. The molecule has 0 bridgehead atoms. The van der Waals surface area contributed by atoms with Gasteiger partial charge in [-0.3, -0.25) is 0 Å². The van der Waals surface area contributed by atoms with Gasteiger partial charge in [0.15, 0.2) is 6.73 Å². The van der Waals surface area contributed by atoms with Crippen LogP contribution in [0.1, 0.15) is 21.5 Å². The van der Waals surface area contributed by atoms with Gasteiger partial charge < -0.3 is 18.8 Å². The van der Waals surface area contributed by atoms with Gasteiger partial charge in [-0.25, -0.2) is 9.59 Å². The molecule has 6 nitrogen and oxygen atoms in total. The Morgan fingerprint density at radius 1 is 1.03 bits per heavy atom. The molecule has 0 radical (unpaired) electrons. The van der Waals surface area contributed by atoms with Crippen LogP contribution in [0.4, 0.5) is 5.69 Å². The van der Waals surface area contributed by atoms with Gasteiger partial charge in [0.1, 0.15) is 11.3 Å². The molecule has 0 fully saturated rings. The van der Waals surface area contributed by atoms with Crippen LogP contribution in [0, 0.1) is 6.92 Å². The second-order valence-electron chi connectivity index (χ2n) is 7.28. The lowest BCUT2D eigenvalue weighted by molar-refractivity contribution is 0.0601. The maximum atomic E-state index is 12.4. The first-order valence-corrected chi connectivity index (χ1v) is 9.61. The third-order valence-corrected chi connectivity index (χ3v) is 5.54. The Balaban J connectivity index is 1.67. The minimum absolute atomic E-state index is 0.269. The largest absolute Gasteiger partial charge is 0.472 e. The summed E-state index contributed by atoms with van der Waals surface area (Å²) >= 11 is 0. The minimum Gasteiger partial charge on any atom is -0.472 e. The van der Waals surface area contributed by atoms with Crippen LogP contribution in [0.25, 0.3) is 21.7 Å². The van der Waals surface area contributed by atoms with E-state index in [2.05, 4.69) is 0 Å². The molecule has 6 heteroatoms. The molecule has 2 heterocycles. The topological polar surface area (TPSA) is 69.0 Å². The summed E-state index contributed by atoms with van der Waals surface area (Å²) in [7, 11) is 1.37. The molecule has 30 heavy (non-hydrogen) atoms. The van der Waals surface area contributed by atoms with E-state index < -0.39 is 0 Å². The number of rotatable bonds is 2. The van der Waals surface area contributed by atoms with Crippen LogP contribution in [0.5, 0.6) is 5.75 Å². The van der Waals surface area contributed by atoms with E-state index in [-0.39, 0.29) is 18.3 Å². The number of para-hydroxylation sites is 1. The molecule has 150 valence electrons. The predicted molar refractivity (Wildman–Crippen MR) is 114 cm³/mol. The summed E-state index contributed by atoms with van der Waals surface area (Å²) in [6.07, 6.45) is 0. The molecular formula is C24H19NO5. The number of anilines is 1. The van der Waals surface area contributed by atoms with Crippen molar-refractivity contribution >= 4 is 33.4 Å². The molecule has 0 unspecified atom stereocenters. The lowest BCUT2D eigenvalue weighted by Gasteiger charge is -2.32. The lowest BCUT2D eigenvalue weighted by Crippen LogP contribution is -2.33. The van der Waals surface area contributed by atoms with Crippen LogP contribution in [0.2, 0.25) is 0 Å². The number of carbonyl (C=O) groups is 1. The standard InChI is InChI=1S/C24H19NO5/c1-14-21-15(11-19-16-7-3-4-8-17(16)24(27)30-22(14)19)12-25(13-29-21)20-10-6-5-9-18(20)23(26)28-2/h3-11H,12-13H2,1-2H3. The molecule has 0 aliphatic carbocycles. The monoisotopic (exact) mass is 401 g/mol. The van der Waals surface area contributed by atoms with Gasteiger partial charge in [0.2, 0.25) is 0 Å². The fraction of sp³-hybridized carbons (Fsp3) is 0.167. The van der Waals surface area contributed by atoms with Gasteiger partial charge in [-0.1, -0.05) is 30.3 Å². The molecule has 1 aliphatic rings. The number of hydrogen-bond donors (Lipinski definition) is 0. The first kappa shape index (κ1) is 18.2. The van der Waals surface area contributed by atoms with Crippen LogP contribution < -0.4 is 15.3 Å². The fourth-order valence-corrected chi connectivity index (χ4v) is 4.13. The number of aryl methyl sites for hydroxylation is 1. The number of fused-ring (bicyclic) bond motifs is 4. The summed E-state index contributed by atoms with van der Waals surface area (Å²) in [5.74, 6) is 0.326. The van der Waals surface area contributed by atoms with E-state index in [1.165, 1.54) is 7.11 Å². The Morgan fingerprint density at radius 2 is 1.77 bits per heavy atom. The van der Waals surface area contributed by atoms with Gasteiger partial charge in [-0.05, 0) is 36.6 Å². The van der Waals surface area contributed by atoms with E-state index in [0.29, 0.717) is 28.8 Å². The molecule has 0 atom stereocenters. The normalized spacial score (nSPS) is 13.2. The van der Waals surface area contributed by atoms with Crippen molar-refractivity contribution in [3.05, 3.63) is 81.7 Å². The molecule has 0 saturated heterocycles. The van der Waals surface area contributed by atoms with Crippen LogP contribution in [-0.4, -0.2) is 19.8 Å². The average Bonchev–Trinajstić information content (AvgIpc) is 2.79. The van der Waals surface area contributed by atoms with Crippen molar-refractivity contribution in [2.45, 2.75) is 13.5 Å². The fourth-order valence-electron chi connectivity index (χ4n) is 4.13. The number of hydrogen-bond acceptors (Lipinski definition) is 6. The second kappa shape index (κ2) is 6.91. The Kier molecular flexibility index (Phi) is 4.20. The molecule has 4 aromatic rings. The molecule has 3 aromatic carbocycles. The molecule has 0 amide bonds. The summed E-state index contributed by atoms with van der Waals surface area (Å²) in [6, 6.07) is 16.7. The van der Waals surface area contributed by atoms with E-state index in [1.807, 2.05) is 48.2 Å². The summed E-state index contributed by atoms with van der Waals surface area (Å²) in [5, 5.41) is 2.27. The number of ether oxygens (including phenoxy) is 2. The first-order chi connectivity index (χ1) is 14.6. The quantitative estimate of drug-likeness (QED) is 0.282. The van der Waals surface area contributed by atoms with E-state index in [0.717, 1.165) is 27.6 Å². The number of benzene rings is 3.